The molecule has 0 radical (unpaired) electrons. The number of aliphatic carboxylic acids is 1. The number of hydrogen-bond acceptors (Lipinski definition) is 4. The van der Waals surface area contributed by atoms with E-state index in [0.29, 0.717) is 25.7 Å². The maximum atomic E-state index is 12.5. The van der Waals surface area contributed by atoms with Crippen LogP contribution >= 0.6 is 0 Å². The predicted octanol–water partition coefficient (Wildman–Crippen LogP) is 2.17. The SMILES string of the molecule is CCN(CC(=O)O)C1CC(NC(=O)N2CCC(COCc3ccccc3)C2)C1. The van der Waals surface area contributed by atoms with Gasteiger partial charge in [0.1, 0.15) is 0 Å². The average Bonchev–Trinajstić information content (AvgIpc) is 3.12. The van der Waals surface area contributed by atoms with Gasteiger partial charge < -0.3 is 20.1 Å². The zero-order valence-electron chi connectivity index (χ0n) is 16.5. The molecule has 2 aliphatic rings. The number of likely N-dealkylation sites (N-methyl/N-ethyl adjacent to an activating group) is 1. The Labute approximate surface area is 166 Å². The minimum atomic E-state index is -0.799. The largest absolute Gasteiger partial charge is 0.480 e. The molecule has 2 fully saturated rings. The standard InChI is InChI=1S/C21H31N3O4/c1-2-23(13-20(25)26)19-10-18(11-19)22-21(27)24-9-8-17(12-24)15-28-14-16-6-4-3-5-7-16/h3-7,17-19H,2,8-15H2,1H3,(H,22,27)(H,25,26). The Hall–Kier alpha value is -2.12. The van der Waals surface area contributed by atoms with Crippen LogP contribution < -0.4 is 5.32 Å². The summed E-state index contributed by atoms with van der Waals surface area (Å²) in [4.78, 5) is 27.2. The van der Waals surface area contributed by atoms with Crippen molar-refractivity contribution in [1.29, 1.82) is 0 Å². The van der Waals surface area contributed by atoms with Crippen LogP contribution in [0.1, 0.15) is 31.7 Å². The quantitative estimate of drug-likeness (QED) is 0.676. The Morgan fingerprint density at radius 2 is 2.04 bits per heavy atom. The van der Waals surface area contributed by atoms with E-state index in [-0.39, 0.29) is 24.7 Å². The number of carbonyl (C=O) groups is 2. The molecule has 1 heterocycles. The first kappa shape index (κ1) is 20.6. The minimum absolute atomic E-state index is 0.00436. The van der Waals surface area contributed by atoms with Gasteiger partial charge in [-0.1, -0.05) is 37.3 Å². The monoisotopic (exact) mass is 389 g/mol. The van der Waals surface area contributed by atoms with E-state index >= 15 is 0 Å². The molecule has 2 N–H and O–H groups in total. The number of carbonyl (C=O) groups excluding carboxylic acids is 1. The Bertz CT molecular complexity index is 648. The Kier molecular flexibility index (Phi) is 7.28. The topological polar surface area (TPSA) is 82.1 Å². The van der Waals surface area contributed by atoms with Crippen LogP contribution in [0.3, 0.4) is 0 Å². The molecule has 154 valence electrons. The van der Waals surface area contributed by atoms with Crippen LogP contribution in [-0.4, -0.2) is 71.8 Å². The van der Waals surface area contributed by atoms with Gasteiger partial charge in [0.15, 0.2) is 0 Å². The van der Waals surface area contributed by atoms with E-state index in [1.165, 1.54) is 5.56 Å². The number of likely N-dealkylation sites (tertiary alicyclic amines) is 1. The summed E-state index contributed by atoms with van der Waals surface area (Å²) in [6, 6.07) is 10.5. The number of nitrogens with zero attached hydrogens (tertiary/aromatic N) is 2. The molecule has 3 rings (SSSR count). The van der Waals surface area contributed by atoms with Crippen LogP contribution in [0, 0.1) is 5.92 Å². The molecule has 0 bridgehead atoms. The van der Waals surface area contributed by atoms with Crippen molar-refractivity contribution in [3.05, 3.63) is 35.9 Å². The molecule has 28 heavy (non-hydrogen) atoms. The second kappa shape index (κ2) is 9.89. The molecular formula is C21H31N3O4. The number of carboxylic acid groups (broad SMARTS) is 1. The van der Waals surface area contributed by atoms with Gasteiger partial charge in [-0.15, -0.1) is 0 Å². The van der Waals surface area contributed by atoms with Gasteiger partial charge >= 0.3 is 12.0 Å². The number of carboxylic acids is 1. The maximum Gasteiger partial charge on any atom is 0.317 e. The number of hydrogen-bond donors (Lipinski definition) is 2. The first-order chi connectivity index (χ1) is 13.5. The molecule has 7 nitrogen and oxygen atoms in total. The lowest BCUT2D eigenvalue weighted by molar-refractivity contribution is -0.139. The summed E-state index contributed by atoms with van der Waals surface area (Å²) < 4.78 is 5.82. The van der Waals surface area contributed by atoms with Crippen LogP contribution in [0.15, 0.2) is 30.3 Å². The van der Waals surface area contributed by atoms with Gasteiger partial charge in [-0.2, -0.15) is 0 Å². The molecule has 1 saturated heterocycles. The van der Waals surface area contributed by atoms with Gasteiger partial charge in [-0.3, -0.25) is 9.69 Å². The Morgan fingerprint density at radius 1 is 1.29 bits per heavy atom. The number of benzene rings is 1. The van der Waals surface area contributed by atoms with Crippen LogP contribution in [0.25, 0.3) is 0 Å². The number of urea groups is 1. The highest BCUT2D eigenvalue weighted by molar-refractivity contribution is 5.75. The first-order valence-corrected chi connectivity index (χ1v) is 10.2. The first-order valence-electron chi connectivity index (χ1n) is 10.2. The fraction of sp³-hybridized carbons (Fsp3) is 0.619. The molecule has 7 heteroatoms. The third kappa shape index (κ3) is 5.69. The Morgan fingerprint density at radius 3 is 2.71 bits per heavy atom. The summed E-state index contributed by atoms with van der Waals surface area (Å²) in [5.41, 5.74) is 1.17. The summed E-state index contributed by atoms with van der Waals surface area (Å²) in [7, 11) is 0. The van der Waals surface area contributed by atoms with Crippen molar-refractivity contribution in [1.82, 2.24) is 15.1 Å². The van der Waals surface area contributed by atoms with Gasteiger partial charge in [0, 0.05) is 31.1 Å². The summed E-state index contributed by atoms with van der Waals surface area (Å²) in [6.07, 6.45) is 2.62. The lowest BCUT2D eigenvalue weighted by atomic mass is 9.85. The molecule has 1 aromatic rings. The smallest absolute Gasteiger partial charge is 0.317 e. The maximum absolute atomic E-state index is 12.5. The van der Waals surface area contributed by atoms with Crippen LogP contribution in [0.2, 0.25) is 0 Å². The normalized spacial score (nSPS) is 24.2. The number of ether oxygens (including phenoxy) is 1. The lowest BCUT2D eigenvalue weighted by Gasteiger charge is -2.42. The molecule has 2 amide bonds. The van der Waals surface area contributed by atoms with Crippen molar-refractivity contribution >= 4 is 12.0 Å². The van der Waals surface area contributed by atoms with E-state index in [1.54, 1.807) is 0 Å². The zero-order valence-corrected chi connectivity index (χ0v) is 16.5. The second-order valence-electron chi connectivity index (χ2n) is 7.83. The average molecular weight is 389 g/mol. The van der Waals surface area contributed by atoms with Gasteiger partial charge in [0.2, 0.25) is 0 Å². The number of rotatable bonds is 9. The highest BCUT2D eigenvalue weighted by Crippen LogP contribution is 2.26. The highest BCUT2D eigenvalue weighted by Gasteiger charge is 2.36. The molecule has 0 aromatic heterocycles. The fourth-order valence-corrected chi connectivity index (χ4v) is 4.01. The molecule has 1 aliphatic heterocycles. The third-order valence-corrected chi connectivity index (χ3v) is 5.74. The van der Waals surface area contributed by atoms with E-state index in [0.717, 1.165) is 32.4 Å². The van der Waals surface area contributed by atoms with Gasteiger partial charge in [-0.25, -0.2) is 4.79 Å². The van der Waals surface area contributed by atoms with Crippen LogP contribution in [-0.2, 0) is 16.1 Å². The van der Waals surface area contributed by atoms with Crippen molar-refractivity contribution in [3.8, 4) is 0 Å². The summed E-state index contributed by atoms with van der Waals surface area (Å²) in [5.74, 6) is -0.415. The molecule has 1 aliphatic carbocycles. The fourth-order valence-electron chi connectivity index (χ4n) is 4.01. The molecule has 1 atom stereocenters. The summed E-state index contributed by atoms with van der Waals surface area (Å²) in [6.45, 7) is 5.53. The number of amides is 2. The van der Waals surface area contributed by atoms with Crippen molar-refractivity contribution in [2.45, 2.75) is 44.9 Å². The van der Waals surface area contributed by atoms with Crippen LogP contribution in [0.5, 0.6) is 0 Å². The van der Waals surface area contributed by atoms with Crippen molar-refractivity contribution in [3.63, 3.8) is 0 Å². The molecule has 1 saturated carbocycles. The second-order valence-corrected chi connectivity index (χ2v) is 7.83. The van der Waals surface area contributed by atoms with Crippen molar-refractivity contribution < 1.29 is 19.4 Å². The lowest BCUT2D eigenvalue weighted by Crippen LogP contribution is -2.56. The minimum Gasteiger partial charge on any atom is -0.480 e. The molecular weight excluding hydrogens is 358 g/mol. The van der Waals surface area contributed by atoms with Crippen LogP contribution in [0.4, 0.5) is 4.79 Å². The van der Waals surface area contributed by atoms with E-state index in [9.17, 15) is 9.59 Å². The van der Waals surface area contributed by atoms with Gasteiger partial charge in [-0.05, 0) is 31.4 Å². The highest BCUT2D eigenvalue weighted by atomic mass is 16.5. The van der Waals surface area contributed by atoms with Crippen molar-refractivity contribution in [2.75, 3.05) is 32.8 Å². The van der Waals surface area contributed by atoms with E-state index in [1.807, 2.05) is 34.9 Å². The van der Waals surface area contributed by atoms with E-state index in [2.05, 4.69) is 17.4 Å². The predicted molar refractivity (Wildman–Crippen MR) is 106 cm³/mol. The molecule has 0 spiro atoms. The molecule has 1 aromatic carbocycles. The summed E-state index contributed by atoms with van der Waals surface area (Å²) in [5, 5.41) is 12.1. The zero-order chi connectivity index (χ0) is 19.9. The number of nitrogens with one attached hydrogen (secondary N) is 1. The van der Waals surface area contributed by atoms with Gasteiger partial charge in [0.05, 0.1) is 19.8 Å². The summed E-state index contributed by atoms with van der Waals surface area (Å²) >= 11 is 0. The van der Waals surface area contributed by atoms with Gasteiger partial charge in [0.25, 0.3) is 0 Å². The van der Waals surface area contributed by atoms with E-state index in [4.69, 9.17) is 9.84 Å². The van der Waals surface area contributed by atoms with Crippen molar-refractivity contribution in [2.24, 2.45) is 5.92 Å². The Balaban J connectivity index is 1.32. The van der Waals surface area contributed by atoms with E-state index < -0.39 is 5.97 Å². The molecule has 1 unspecified atom stereocenters. The third-order valence-electron chi connectivity index (χ3n) is 5.74.